The maximum absolute atomic E-state index is 10.9. The zero-order chi connectivity index (χ0) is 10.7. The number of carboxylic acid groups (broad SMARTS) is 1. The minimum atomic E-state index is -0.726. The number of carbonyl (C=O) groups is 1. The van der Waals surface area contributed by atoms with Crippen molar-refractivity contribution in [1.29, 1.82) is 0 Å². The van der Waals surface area contributed by atoms with E-state index in [0.29, 0.717) is 12.5 Å². The van der Waals surface area contributed by atoms with Gasteiger partial charge in [-0.2, -0.15) is 0 Å². The van der Waals surface area contributed by atoms with Crippen molar-refractivity contribution in [2.24, 2.45) is 5.92 Å². The summed E-state index contributed by atoms with van der Waals surface area (Å²) in [5.41, 5.74) is 0. The monoisotopic (exact) mass is 207 g/mol. The van der Waals surface area contributed by atoms with Crippen LogP contribution in [0.5, 0.6) is 0 Å². The molecule has 0 spiro atoms. The molecule has 0 bridgehead atoms. The van der Waals surface area contributed by atoms with Crippen LogP contribution in [-0.2, 0) is 4.79 Å². The van der Waals surface area contributed by atoms with Crippen molar-refractivity contribution in [3.05, 3.63) is 18.5 Å². The van der Waals surface area contributed by atoms with Gasteiger partial charge >= 0.3 is 5.97 Å². The molecule has 1 saturated heterocycles. The lowest BCUT2D eigenvalue weighted by atomic mass is 9.99. The van der Waals surface area contributed by atoms with E-state index in [1.54, 1.807) is 18.5 Å². The number of carboxylic acids is 1. The van der Waals surface area contributed by atoms with Crippen LogP contribution < -0.4 is 4.90 Å². The van der Waals surface area contributed by atoms with E-state index in [4.69, 9.17) is 5.11 Å². The Hall–Kier alpha value is -1.65. The Morgan fingerprint density at radius 1 is 1.47 bits per heavy atom. The van der Waals surface area contributed by atoms with Gasteiger partial charge in [0.05, 0.1) is 5.92 Å². The summed E-state index contributed by atoms with van der Waals surface area (Å²) in [6.45, 7) is 1.35. The van der Waals surface area contributed by atoms with Crippen LogP contribution in [0.1, 0.15) is 12.8 Å². The van der Waals surface area contributed by atoms with Crippen molar-refractivity contribution in [1.82, 2.24) is 9.97 Å². The summed E-state index contributed by atoms with van der Waals surface area (Å²) in [7, 11) is 0. The van der Waals surface area contributed by atoms with Crippen molar-refractivity contribution in [2.45, 2.75) is 12.8 Å². The molecule has 80 valence electrons. The normalized spacial score (nSPS) is 21.3. The lowest BCUT2D eigenvalue weighted by molar-refractivity contribution is -0.141. The van der Waals surface area contributed by atoms with Crippen LogP contribution in [0.3, 0.4) is 0 Å². The van der Waals surface area contributed by atoms with E-state index in [1.165, 1.54) is 0 Å². The second-order valence-corrected chi connectivity index (χ2v) is 3.67. The number of nitrogens with zero attached hydrogens (tertiary/aromatic N) is 3. The zero-order valence-corrected chi connectivity index (χ0v) is 8.33. The van der Waals surface area contributed by atoms with Gasteiger partial charge < -0.3 is 10.0 Å². The summed E-state index contributed by atoms with van der Waals surface area (Å²) in [5.74, 6) is -0.387. The molecule has 1 aliphatic heterocycles. The van der Waals surface area contributed by atoms with Gasteiger partial charge in [0.15, 0.2) is 0 Å². The molecular formula is C10H13N3O2. The molecule has 1 atom stereocenters. The molecule has 1 N–H and O–H groups in total. The van der Waals surface area contributed by atoms with Gasteiger partial charge in [-0.05, 0) is 18.9 Å². The van der Waals surface area contributed by atoms with Crippen LogP contribution in [0.4, 0.5) is 5.95 Å². The molecule has 1 aliphatic rings. The highest BCUT2D eigenvalue weighted by Crippen LogP contribution is 2.19. The van der Waals surface area contributed by atoms with Gasteiger partial charge in [0.25, 0.3) is 0 Å². The van der Waals surface area contributed by atoms with E-state index >= 15 is 0 Å². The smallest absolute Gasteiger partial charge is 0.308 e. The lowest BCUT2D eigenvalue weighted by Gasteiger charge is -2.30. The highest BCUT2D eigenvalue weighted by molar-refractivity contribution is 5.71. The highest BCUT2D eigenvalue weighted by atomic mass is 16.4. The Labute approximate surface area is 87.8 Å². The maximum Gasteiger partial charge on any atom is 0.308 e. The first-order valence-corrected chi connectivity index (χ1v) is 5.02. The van der Waals surface area contributed by atoms with Crippen LogP contribution in [0.25, 0.3) is 0 Å². The van der Waals surface area contributed by atoms with E-state index in [9.17, 15) is 4.79 Å². The minimum absolute atomic E-state index is 0.289. The van der Waals surface area contributed by atoms with Gasteiger partial charge in [0.1, 0.15) is 0 Å². The molecule has 0 amide bonds. The van der Waals surface area contributed by atoms with Gasteiger partial charge in [-0.25, -0.2) is 9.97 Å². The molecule has 1 fully saturated rings. The summed E-state index contributed by atoms with van der Waals surface area (Å²) in [6, 6.07) is 1.75. The molecule has 2 rings (SSSR count). The Morgan fingerprint density at radius 2 is 2.20 bits per heavy atom. The summed E-state index contributed by atoms with van der Waals surface area (Å²) in [6.07, 6.45) is 4.98. The molecule has 15 heavy (non-hydrogen) atoms. The molecule has 5 heteroatoms. The fourth-order valence-corrected chi connectivity index (χ4v) is 1.81. The van der Waals surface area contributed by atoms with Crippen molar-refractivity contribution >= 4 is 11.9 Å². The largest absolute Gasteiger partial charge is 0.481 e. The third-order valence-electron chi connectivity index (χ3n) is 2.61. The molecule has 0 unspecified atom stereocenters. The number of hydrogen-bond donors (Lipinski definition) is 1. The van der Waals surface area contributed by atoms with E-state index < -0.39 is 5.97 Å². The molecule has 0 radical (unpaired) electrons. The highest BCUT2D eigenvalue weighted by Gasteiger charge is 2.26. The van der Waals surface area contributed by atoms with Gasteiger partial charge in [-0.3, -0.25) is 4.79 Å². The van der Waals surface area contributed by atoms with Crippen LogP contribution in [0.2, 0.25) is 0 Å². The first kappa shape index (κ1) is 9.89. The topological polar surface area (TPSA) is 66.3 Å². The van der Waals surface area contributed by atoms with E-state index in [0.717, 1.165) is 19.4 Å². The fourth-order valence-electron chi connectivity index (χ4n) is 1.81. The number of piperidine rings is 1. The van der Waals surface area contributed by atoms with Crippen molar-refractivity contribution in [3.8, 4) is 0 Å². The maximum atomic E-state index is 10.9. The Morgan fingerprint density at radius 3 is 2.87 bits per heavy atom. The first-order chi connectivity index (χ1) is 7.27. The van der Waals surface area contributed by atoms with Crippen molar-refractivity contribution in [3.63, 3.8) is 0 Å². The molecule has 0 saturated carbocycles. The van der Waals surface area contributed by atoms with Crippen molar-refractivity contribution < 1.29 is 9.90 Å². The molecule has 2 heterocycles. The van der Waals surface area contributed by atoms with Crippen LogP contribution in [0.15, 0.2) is 18.5 Å². The Bertz CT molecular complexity index is 342. The van der Waals surface area contributed by atoms with E-state index in [-0.39, 0.29) is 5.92 Å². The lowest BCUT2D eigenvalue weighted by Crippen LogP contribution is -2.39. The standard InChI is InChI=1S/C10H13N3O2/c14-9(15)8-3-1-6-13(7-8)10-11-4-2-5-12-10/h2,4-5,8H,1,3,6-7H2,(H,14,15)/t8-/m1/s1. The number of hydrogen-bond acceptors (Lipinski definition) is 4. The fraction of sp³-hybridized carbons (Fsp3) is 0.500. The van der Waals surface area contributed by atoms with Crippen LogP contribution in [-0.4, -0.2) is 34.1 Å². The first-order valence-electron chi connectivity index (χ1n) is 5.02. The second kappa shape index (κ2) is 4.25. The zero-order valence-electron chi connectivity index (χ0n) is 8.33. The van der Waals surface area contributed by atoms with Gasteiger partial charge in [-0.15, -0.1) is 0 Å². The number of aliphatic carboxylic acids is 1. The van der Waals surface area contributed by atoms with E-state index in [2.05, 4.69) is 9.97 Å². The molecular weight excluding hydrogens is 194 g/mol. The predicted molar refractivity (Wildman–Crippen MR) is 54.6 cm³/mol. The average molecular weight is 207 g/mol. The van der Waals surface area contributed by atoms with Crippen molar-refractivity contribution in [2.75, 3.05) is 18.0 Å². The second-order valence-electron chi connectivity index (χ2n) is 3.67. The molecule has 0 aliphatic carbocycles. The third-order valence-corrected chi connectivity index (χ3v) is 2.61. The van der Waals surface area contributed by atoms with Gasteiger partial charge in [0.2, 0.25) is 5.95 Å². The van der Waals surface area contributed by atoms with Gasteiger partial charge in [-0.1, -0.05) is 0 Å². The predicted octanol–water partition coefficient (Wildman–Crippen LogP) is 0.778. The summed E-state index contributed by atoms with van der Waals surface area (Å²) in [5, 5.41) is 8.94. The Balaban J connectivity index is 2.08. The number of anilines is 1. The molecule has 1 aromatic rings. The summed E-state index contributed by atoms with van der Waals surface area (Å²) < 4.78 is 0. The Kier molecular flexibility index (Phi) is 2.80. The third kappa shape index (κ3) is 2.23. The van der Waals surface area contributed by atoms with E-state index in [1.807, 2.05) is 4.90 Å². The summed E-state index contributed by atoms with van der Waals surface area (Å²) in [4.78, 5) is 21.0. The van der Waals surface area contributed by atoms with Gasteiger partial charge in [0, 0.05) is 25.5 Å². The molecule has 1 aromatic heterocycles. The SMILES string of the molecule is O=C(O)[C@@H]1CCCN(c2ncccn2)C1. The average Bonchev–Trinajstić information content (AvgIpc) is 2.30. The quantitative estimate of drug-likeness (QED) is 0.776. The van der Waals surface area contributed by atoms with Crippen LogP contribution in [0, 0.1) is 5.92 Å². The number of rotatable bonds is 2. The minimum Gasteiger partial charge on any atom is -0.481 e. The molecule has 0 aromatic carbocycles. The van der Waals surface area contributed by atoms with Crippen LogP contribution >= 0.6 is 0 Å². The molecule has 5 nitrogen and oxygen atoms in total. The number of aromatic nitrogens is 2. The summed E-state index contributed by atoms with van der Waals surface area (Å²) >= 11 is 0.